The van der Waals surface area contributed by atoms with Crippen molar-refractivity contribution in [2.24, 2.45) is 11.8 Å². The highest BCUT2D eigenvalue weighted by molar-refractivity contribution is 6.21. The molecular formula is C10H14ClNO2. The maximum atomic E-state index is 11.5. The van der Waals surface area contributed by atoms with Crippen molar-refractivity contribution < 1.29 is 9.59 Å². The van der Waals surface area contributed by atoms with Gasteiger partial charge in [0.2, 0.25) is 5.91 Å². The quantitative estimate of drug-likeness (QED) is 0.666. The lowest BCUT2D eigenvalue weighted by Crippen LogP contribution is -2.47. The molecular weight excluding hydrogens is 202 g/mol. The van der Waals surface area contributed by atoms with Crippen molar-refractivity contribution in [3.63, 3.8) is 0 Å². The van der Waals surface area contributed by atoms with Gasteiger partial charge in [0.25, 0.3) is 0 Å². The molecule has 0 spiro atoms. The zero-order chi connectivity index (χ0) is 10.3. The number of hydrogen-bond acceptors (Lipinski definition) is 2. The van der Waals surface area contributed by atoms with Gasteiger partial charge in [-0.05, 0) is 18.8 Å². The maximum Gasteiger partial charge on any atom is 0.217 e. The van der Waals surface area contributed by atoms with Crippen LogP contribution in [0.4, 0.5) is 0 Å². The second kappa shape index (κ2) is 3.54. The van der Waals surface area contributed by atoms with Gasteiger partial charge in [-0.15, -0.1) is 11.6 Å². The molecule has 0 saturated heterocycles. The Morgan fingerprint density at radius 1 is 1.50 bits per heavy atom. The van der Waals surface area contributed by atoms with E-state index in [4.69, 9.17) is 11.6 Å². The lowest BCUT2D eigenvalue weighted by molar-refractivity contribution is -0.121. The highest BCUT2D eigenvalue weighted by Crippen LogP contribution is 2.41. The summed E-state index contributed by atoms with van der Waals surface area (Å²) in [5.74, 6) is 0.701. The fourth-order valence-corrected chi connectivity index (χ4v) is 3.15. The Balaban J connectivity index is 2.10. The summed E-state index contributed by atoms with van der Waals surface area (Å²) in [6, 6.07) is -0.00290. The van der Waals surface area contributed by atoms with Gasteiger partial charge in [-0.1, -0.05) is 0 Å². The van der Waals surface area contributed by atoms with Crippen LogP contribution in [-0.4, -0.2) is 23.1 Å². The first-order valence-electron chi connectivity index (χ1n) is 5.02. The summed E-state index contributed by atoms with van der Waals surface area (Å²) in [5.41, 5.74) is 0. The molecule has 4 heteroatoms. The predicted molar refractivity (Wildman–Crippen MR) is 53.1 cm³/mol. The average Bonchev–Trinajstić information content (AvgIpc) is 2.38. The van der Waals surface area contributed by atoms with E-state index >= 15 is 0 Å². The molecule has 2 fully saturated rings. The molecule has 2 bridgehead atoms. The van der Waals surface area contributed by atoms with Crippen LogP contribution < -0.4 is 5.32 Å². The van der Waals surface area contributed by atoms with Gasteiger partial charge in [-0.2, -0.15) is 0 Å². The summed E-state index contributed by atoms with van der Waals surface area (Å²) in [6.07, 6.45) is 2.23. The molecule has 78 valence electrons. The van der Waals surface area contributed by atoms with E-state index in [0.29, 0.717) is 12.2 Å². The minimum Gasteiger partial charge on any atom is -0.352 e. The molecule has 1 amide bonds. The molecule has 2 saturated carbocycles. The monoisotopic (exact) mass is 215 g/mol. The van der Waals surface area contributed by atoms with E-state index in [1.54, 1.807) is 0 Å². The number of carbonyl (C=O) groups excluding carboxylic acids is 2. The first-order valence-corrected chi connectivity index (χ1v) is 5.45. The minimum absolute atomic E-state index is 0.00290. The number of fused-ring (bicyclic) bond motifs is 2. The number of carbonyl (C=O) groups is 2. The van der Waals surface area contributed by atoms with Crippen molar-refractivity contribution >= 4 is 23.3 Å². The van der Waals surface area contributed by atoms with Crippen LogP contribution >= 0.6 is 11.6 Å². The number of halogens is 1. The molecule has 3 nitrogen and oxygen atoms in total. The van der Waals surface area contributed by atoms with Crippen molar-refractivity contribution in [1.29, 1.82) is 0 Å². The van der Waals surface area contributed by atoms with Crippen molar-refractivity contribution in [3.8, 4) is 0 Å². The van der Waals surface area contributed by atoms with Crippen molar-refractivity contribution in [3.05, 3.63) is 0 Å². The second-order valence-corrected chi connectivity index (χ2v) is 4.90. The van der Waals surface area contributed by atoms with E-state index in [-0.39, 0.29) is 29.2 Å². The summed E-state index contributed by atoms with van der Waals surface area (Å²) < 4.78 is 0. The lowest BCUT2D eigenvalue weighted by Gasteiger charge is -2.32. The molecule has 0 aromatic rings. The summed E-state index contributed by atoms with van der Waals surface area (Å²) in [4.78, 5) is 22.4. The summed E-state index contributed by atoms with van der Waals surface area (Å²) in [5, 5.41) is 2.78. The minimum atomic E-state index is -0.0749. The molecule has 2 rings (SSSR count). The summed E-state index contributed by atoms with van der Waals surface area (Å²) >= 11 is 6.15. The molecule has 0 heterocycles. The molecule has 2 aliphatic carbocycles. The van der Waals surface area contributed by atoms with E-state index in [0.717, 1.165) is 12.8 Å². The zero-order valence-electron chi connectivity index (χ0n) is 8.13. The molecule has 2 unspecified atom stereocenters. The van der Waals surface area contributed by atoms with Gasteiger partial charge in [0.1, 0.15) is 5.78 Å². The topological polar surface area (TPSA) is 46.2 Å². The van der Waals surface area contributed by atoms with Gasteiger partial charge in [0, 0.05) is 25.3 Å². The standard InChI is InChI=1S/C10H14ClNO2/c1-5(13)12-10-7-2-6(3-8(10)11)9(14)4-7/h6-8,10H,2-4H2,1H3,(H,12,13)/t6-,7+,8?,10?/m0/s1. The summed E-state index contributed by atoms with van der Waals surface area (Å²) in [6.45, 7) is 1.49. The van der Waals surface area contributed by atoms with Crippen LogP contribution in [0.1, 0.15) is 26.2 Å². The van der Waals surface area contributed by atoms with Crippen LogP contribution in [-0.2, 0) is 9.59 Å². The molecule has 1 N–H and O–H groups in total. The van der Waals surface area contributed by atoms with Crippen LogP contribution in [0.2, 0.25) is 0 Å². The molecule has 0 aromatic heterocycles. The molecule has 4 atom stereocenters. The Morgan fingerprint density at radius 2 is 2.21 bits per heavy atom. The Hall–Kier alpha value is -0.570. The van der Waals surface area contributed by atoms with Gasteiger partial charge in [-0.3, -0.25) is 9.59 Å². The Kier molecular flexibility index (Phi) is 2.52. The van der Waals surface area contributed by atoms with Crippen molar-refractivity contribution in [2.75, 3.05) is 0 Å². The number of rotatable bonds is 1. The van der Waals surface area contributed by atoms with Crippen LogP contribution in [0, 0.1) is 11.8 Å². The average molecular weight is 216 g/mol. The van der Waals surface area contributed by atoms with Gasteiger partial charge >= 0.3 is 0 Å². The van der Waals surface area contributed by atoms with Gasteiger partial charge in [-0.25, -0.2) is 0 Å². The third-order valence-electron chi connectivity index (χ3n) is 3.28. The van der Waals surface area contributed by atoms with Crippen LogP contribution in [0.3, 0.4) is 0 Å². The first-order chi connectivity index (χ1) is 6.58. The highest BCUT2D eigenvalue weighted by atomic mass is 35.5. The van der Waals surface area contributed by atoms with E-state index in [1.807, 2.05) is 0 Å². The number of nitrogens with one attached hydrogen (secondary N) is 1. The van der Waals surface area contributed by atoms with Crippen LogP contribution in [0.15, 0.2) is 0 Å². The van der Waals surface area contributed by atoms with Crippen LogP contribution in [0.25, 0.3) is 0 Å². The number of Topliss-reactive ketones (excluding diaryl/α,β-unsaturated/α-hetero) is 1. The molecule has 0 radical (unpaired) electrons. The Morgan fingerprint density at radius 3 is 2.86 bits per heavy atom. The molecule has 0 aromatic carbocycles. The Bertz CT molecular complexity index is 279. The number of ketones is 1. The van der Waals surface area contributed by atoms with E-state index in [9.17, 15) is 9.59 Å². The maximum absolute atomic E-state index is 11.5. The van der Waals surface area contributed by atoms with Gasteiger partial charge in [0.15, 0.2) is 0 Å². The van der Waals surface area contributed by atoms with Crippen molar-refractivity contribution in [2.45, 2.75) is 37.6 Å². The second-order valence-electron chi connectivity index (χ2n) is 4.34. The third-order valence-corrected chi connectivity index (χ3v) is 3.73. The molecule has 0 aliphatic heterocycles. The normalized spacial score (nSPS) is 41.1. The molecule has 2 aliphatic rings. The third kappa shape index (κ3) is 1.65. The van der Waals surface area contributed by atoms with Gasteiger partial charge < -0.3 is 5.32 Å². The fraction of sp³-hybridized carbons (Fsp3) is 0.800. The van der Waals surface area contributed by atoms with Crippen LogP contribution in [0.5, 0.6) is 0 Å². The number of amides is 1. The highest BCUT2D eigenvalue weighted by Gasteiger charge is 2.45. The largest absolute Gasteiger partial charge is 0.352 e. The smallest absolute Gasteiger partial charge is 0.217 e. The molecule has 14 heavy (non-hydrogen) atoms. The SMILES string of the molecule is CC(=O)NC1C(Cl)C[C@@H]2C[C@@H]1CC2=O. The van der Waals surface area contributed by atoms with E-state index < -0.39 is 0 Å². The predicted octanol–water partition coefficient (Wildman–Crippen LogP) is 1.10. The first kappa shape index (κ1) is 9.97. The van der Waals surface area contributed by atoms with E-state index in [2.05, 4.69) is 5.32 Å². The van der Waals surface area contributed by atoms with Gasteiger partial charge in [0.05, 0.1) is 5.38 Å². The Labute approximate surface area is 88.2 Å². The zero-order valence-corrected chi connectivity index (χ0v) is 8.88. The van der Waals surface area contributed by atoms with Crippen molar-refractivity contribution in [1.82, 2.24) is 5.32 Å². The van der Waals surface area contributed by atoms with E-state index in [1.165, 1.54) is 6.92 Å². The number of hydrogen-bond donors (Lipinski definition) is 1. The summed E-state index contributed by atoms with van der Waals surface area (Å²) in [7, 11) is 0. The lowest BCUT2D eigenvalue weighted by atomic mass is 9.84. The fourth-order valence-electron chi connectivity index (χ4n) is 2.66. The number of alkyl halides is 1.